The molecule has 1 amide bonds. The van der Waals surface area contributed by atoms with Crippen molar-refractivity contribution in [1.82, 2.24) is 5.32 Å². The number of alkyl halides is 1. The molecule has 0 fully saturated rings. The highest BCUT2D eigenvalue weighted by molar-refractivity contribution is 6.30. The first kappa shape index (κ1) is 13.5. The Hall–Kier alpha value is -1.53. The average molecular weight is 251 g/mol. The predicted octanol–water partition coefficient (Wildman–Crippen LogP) is 2.63. The number of hydrogen-bond acceptors (Lipinski definition) is 2. The maximum Gasteiger partial charge on any atom is 0.242 e. The zero-order chi connectivity index (χ0) is 12.9. The second kappa shape index (κ2) is 5.70. The van der Waals surface area contributed by atoms with Gasteiger partial charge in [-0.15, -0.1) is 11.6 Å². The number of rotatable bonds is 4. The van der Waals surface area contributed by atoms with Gasteiger partial charge < -0.3 is 5.32 Å². The van der Waals surface area contributed by atoms with Gasteiger partial charge in [-0.2, -0.15) is 5.26 Å². The summed E-state index contributed by atoms with van der Waals surface area (Å²) in [5.74, 6) is -0.277. The first-order valence-corrected chi connectivity index (χ1v) is 5.78. The van der Waals surface area contributed by atoms with Crippen LogP contribution >= 0.6 is 11.6 Å². The largest absolute Gasteiger partial charge is 0.353 e. The molecule has 4 heteroatoms. The van der Waals surface area contributed by atoms with Crippen molar-refractivity contribution in [2.45, 2.75) is 19.2 Å². The fraction of sp³-hybridized carbons (Fsp3) is 0.385. The van der Waals surface area contributed by atoms with Crippen molar-refractivity contribution >= 4 is 17.5 Å². The first-order chi connectivity index (χ1) is 7.96. The lowest BCUT2D eigenvalue weighted by molar-refractivity contribution is -0.121. The summed E-state index contributed by atoms with van der Waals surface area (Å²) in [5, 5.41) is 10.8. The molecule has 1 aromatic rings. The molecular weight excluding hydrogens is 236 g/mol. The summed E-state index contributed by atoms with van der Waals surface area (Å²) in [6, 6.07) is 11.2. The fourth-order valence-corrected chi connectivity index (χ4v) is 1.43. The van der Waals surface area contributed by atoms with E-state index in [9.17, 15) is 4.79 Å². The van der Waals surface area contributed by atoms with Crippen molar-refractivity contribution in [3.63, 3.8) is 0 Å². The molecule has 0 aliphatic rings. The summed E-state index contributed by atoms with van der Waals surface area (Å²) in [5.41, 5.74) is 0.171. The van der Waals surface area contributed by atoms with Crippen LogP contribution in [0, 0.1) is 16.7 Å². The van der Waals surface area contributed by atoms with E-state index in [1.165, 1.54) is 0 Å². The van der Waals surface area contributed by atoms with E-state index >= 15 is 0 Å². The number of benzene rings is 1. The number of halogens is 1. The molecule has 90 valence electrons. The molecule has 0 saturated heterocycles. The van der Waals surface area contributed by atoms with Gasteiger partial charge in [0.15, 0.2) is 0 Å². The van der Waals surface area contributed by atoms with Crippen LogP contribution in [0.2, 0.25) is 0 Å². The van der Waals surface area contributed by atoms with Crippen LogP contribution in [-0.4, -0.2) is 12.5 Å². The average Bonchev–Trinajstić information content (AvgIpc) is 2.36. The van der Waals surface area contributed by atoms with Gasteiger partial charge >= 0.3 is 0 Å². The molecule has 0 radical (unpaired) electrons. The number of hydrogen-bond donors (Lipinski definition) is 1. The highest BCUT2D eigenvalue weighted by atomic mass is 35.5. The molecule has 0 aromatic heterocycles. The third-order valence-corrected chi connectivity index (χ3v) is 2.78. The predicted molar refractivity (Wildman–Crippen MR) is 67.4 cm³/mol. The Kier molecular flexibility index (Phi) is 4.53. The summed E-state index contributed by atoms with van der Waals surface area (Å²) >= 11 is 6.03. The molecule has 1 N–H and O–H groups in total. The van der Waals surface area contributed by atoms with E-state index < -0.39 is 10.8 Å². The third kappa shape index (κ3) is 4.08. The molecule has 1 atom stereocenters. The van der Waals surface area contributed by atoms with Crippen molar-refractivity contribution < 1.29 is 4.79 Å². The fourth-order valence-electron chi connectivity index (χ4n) is 1.21. The van der Waals surface area contributed by atoms with E-state index in [4.69, 9.17) is 16.9 Å². The number of amides is 1. The Bertz CT molecular complexity index is 423. The maximum absolute atomic E-state index is 11.8. The maximum atomic E-state index is 11.8. The third-order valence-electron chi connectivity index (χ3n) is 2.33. The van der Waals surface area contributed by atoms with Crippen molar-refractivity contribution in [3.8, 4) is 6.07 Å². The van der Waals surface area contributed by atoms with Crippen LogP contribution in [0.15, 0.2) is 30.3 Å². The van der Waals surface area contributed by atoms with E-state index in [1.807, 2.05) is 18.2 Å². The standard InChI is InChI=1S/C13H15ClN2O/c1-13(2,8-15)9-16-12(17)11(14)10-6-4-3-5-7-10/h3-7,11H,9H2,1-2H3,(H,16,17). The SMILES string of the molecule is CC(C)(C#N)CNC(=O)C(Cl)c1ccccc1. The van der Waals surface area contributed by atoms with Gasteiger partial charge in [0.25, 0.3) is 0 Å². The molecule has 0 aliphatic carbocycles. The lowest BCUT2D eigenvalue weighted by atomic mass is 9.96. The summed E-state index contributed by atoms with van der Waals surface area (Å²) in [6.45, 7) is 3.82. The topological polar surface area (TPSA) is 52.9 Å². The van der Waals surface area contributed by atoms with Crippen LogP contribution in [-0.2, 0) is 4.79 Å². The minimum atomic E-state index is -0.717. The normalized spacial score (nSPS) is 12.6. The monoisotopic (exact) mass is 250 g/mol. The van der Waals surface area contributed by atoms with Crippen LogP contribution in [0.1, 0.15) is 24.8 Å². The Morgan fingerprint density at radius 1 is 1.47 bits per heavy atom. The molecule has 0 aliphatic heterocycles. The van der Waals surface area contributed by atoms with E-state index in [-0.39, 0.29) is 5.91 Å². The summed E-state index contributed by atoms with van der Waals surface area (Å²) in [4.78, 5) is 11.8. The molecule has 0 heterocycles. The molecular formula is C13H15ClN2O. The second-order valence-corrected chi connectivity index (χ2v) is 4.92. The van der Waals surface area contributed by atoms with Crippen LogP contribution in [0.25, 0.3) is 0 Å². The van der Waals surface area contributed by atoms with Crippen LogP contribution < -0.4 is 5.32 Å². The summed E-state index contributed by atoms with van der Waals surface area (Å²) in [7, 11) is 0. The highest BCUT2D eigenvalue weighted by Crippen LogP contribution is 2.20. The lowest BCUT2D eigenvalue weighted by Crippen LogP contribution is -2.35. The molecule has 1 unspecified atom stereocenters. The van der Waals surface area contributed by atoms with Crippen molar-refractivity contribution in [2.75, 3.05) is 6.54 Å². The number of nitrogens with one attached hydrogen (secondary N) is 1. The zero-order valence-corrected chi connectivity index (χ0v) is 10.7. The minimum Gasteiger partial charge on any atom is -0.353 e. The minimum absolute atomic E-state index is 0.277. The Balaban J connectivity index is 2.58. The Morgan fingerprint density at radius 2 is 2.06 bits per heavy atom. The van der Waals surface area contributed by atoms with E-state index in [1.54, 1.807) is 26.0 Å². The molecule has 1 rings (SSSR count). The molecule has 0 saturated carbocycles. The molecule has 3 nitrogen and oxygen atoms in total. The molecule has 1 aromatic carbocycles. The van der Waals surface area contributed by atoms with Gasteiger partial charge in [-0.05, 0) is 19.4 Å². The van der Waals surface area contributed by atoms with Gasteiger partial charge in [-0.3, -0.25) is 4.79 Å². The Labute approximate surface area is 106 Å². The number of carbonyl (C=O) groups excluding carboxylic acids is 1. The van der Waals surface area contributed by atoms with E-state index in [0.717, 1.165) is 5.56 Å². The summed E-state index contributed by atoms with van der Waals surface area (Å²) in [6.07, 6.45) is 0. The number of nitriles is 1. The zero-order valence-electron chi connectivity index (χ0n) is 9.90. The summed E-state index contributed by atoms with van der Waals surface area (Å²) < 4.78 is 0. The van der Waals surface area contributed by atoms with Crippen molar-refractivity contribution in [2.24, 2.45) is 5.41 Å². The number of nitrogens with zero attached hydrogens (tertiary/aromatic N) is 1. The highest BCUT2D eigenvalue weighted by Gasteiger charge is 2.21. The van der Waals surface area contributed by atoms with Crippen molar-refractivity contribution in [3.05, 3.63) is 35.9 Å². The second-order valence-electron chi connectivity index (χ2n) is 4.49. The van der Waals surface area contributed by atoms with Crippen LogP contribution in [0.5, 0.6) is 0 Å². The molecule has 17 heavy (non-hydrogen) atoms. The quantitative estimate of drug-likeness (QED) is 0.836. The first-order valence-electron chi connectivity index (χ1n) is 5.34. The van der Waals surface area contributed by atoms with Gasteiger partial charge in [0.2, 0.25) is 5.91 Å². The van der Waals surface area contributed by atoms with Gasteiger partial charge in [0.1, 0.15) is 5.38 Å². The van der Waals surface area contributed by atoms with Crippen molar-refractivity contribution in [1.29, 1.82) is 5.26 Å². The van der Waals surface area contributed by atoms with Gasteiger partial charge in [-0.25, -0.2) is 0 Å². The molecule has 0 spiro atoms. The van der Waals surface area contributed by atoms with Crippen LogP contribution in [0.4, 0.5) is 0 Å². The van der Waals surface area contributed by atoms with Crippen LogP contribution in [0.3, 0.4) is 0 Å². The lowest BCUT2D eigenvalue weighted by Gasteiger charge is -2.17. The molecule has 0 bridgehead atoms. The smallest absolute Gasteiger partial charge is 0.242 e. The van der Waals surface area contributed by atoms with Gasteiger partial charge in [0, 0.05) is 6.54 Å². The van der Waals surface area contributed by atoms with Gasteiger partial charge in [-0.1, -0.05) is 30.3 Å². The van der Waals surface area contributed by atoms with E-state index in [2.05, 4.69) is 11.4 Å². The van der Waals surface area contributed by atoms with E-state index in [0.29, 0.717) is 6.54 Å². The number of carbonyl (C=O) groups is 1. The Morgan fingerprint density at radius 3 is 2.59 bits per heavy atom. The van der Waals surface area contributed by atoms with Gasteiger partial charge in [0.05, 0.1) is 11.5 Å².